The fourth-order valence-corrected chi connectivity index (χ4v) is 0.990. The van der Waals surface area contributed by atoms with Gasteiger partial charge in [-0.1, -0.05) is 18.5 Å². The molecular formula is C12H20N2O4. The Hall–Kier alpha value is -1.72. The van der Waals surface area contributed by atoms with Gasteiger partial charge in [0, 0.05) is 6.08 Å². The summed E-state index contributed by atoms with van der Waals surface area (Å²) in [6.07, 6.45) is 1.73. The molecule has 0 rings (SSSR count). The topological polar surface area (TPSA) is 77.3 Å². The minimum atomic E-state index is -0.783. The lowest BCUT2D eigenvalue weighted by Crippen LogP contribution is -2.21. The number of hydrogen-bond acceptors (Lipinski definition) is 5. The molecule has 0 unspecified atom stereocenters. The Morgan fingerprint density at radius 3 is 2.28 bits per heavy atom. The smallest absolute Gasteiger partial charge is 0.452 e. The number of carbonyl (C=O) groups is 2. The number of rotatable bonds is 4. The van der Waals surface area contributed by atoms with Gasteiger partial charge in [-0.05, 0) is 27.2 Å². The highest BCUT2D eigenvalue weighted by atomic mass is 16.6. The molecule has 0 bridgehead atoms. The number of allylic oxidation sites excluding steroid dienone is 1. The largest absolute Gasteiger partial charge is 0.466 e. The molecule has 6 heteroatoms. The van der Waals surface area contributed by atoms with Gasteiger partial charge in [0.05, 0.1) is 12.8 Å². The van der Waals surface area contributed by atoms with Crippen LogP contribution >= 0.6 is 0 Å². The van der Waals surface area contributed by atoms with Crippen LogP contribution in [0.3, 0.4) is 0 Å². The van der Waals surface area contributed by atoms with Gasteiger partial charge >= 0.3 is 12.1 Å². The summed E-state index contributed by atoms with van der Waals surface area (Å²) in [5, 5.41) is 7.10. The Balaban J connectivity index is 4.63. The first-order chi connectivity index (χ1) is 8.28. The Morgan fingerprint density at radius 2 is 1.83 bits per heavy atom. The van der Waals surface area contributed by atoms with E-state index in [4.69, 9.17) is 4.74 Å². The summed E-state index contributed by atoms with van der Waals surface area (Å²) in [6.45, 7) is 7.13. The molecule has 0 radical (unpaired) electrons. The zero-order valence-electron chi connectivity index (χ0n) is 11.5. The highest BCUT2D eigenvalue weighted by Crippen LogP contribution is 2.11. The van der Waals surface area contributed by atoms with Crippen LogP contribution in [0.15, 0.2) is 22.0 Å². The van der Waals surface area contributed by atoms with Crippen molar-refractivity contribution >= 4 is 12.1 Å². The van der Waals surface area contributed by atoms with E-state index in [0.29, 0.717) is 12.1 Å². The zero-order valence-corrected chi connectivity index (χ0v) is 11.5. The van der Waals surface area contributed by atoms with Crippen LogP contribution in [0, 0.1) is 0 Å². The minimum absolute atomic E-state index is 0.384. The average Bonchev–Trinajstić information content (AvgIpc) is 2.23. The van der Waals surface area contributed by atoms with E-state index in [1.165, 1.54) is 13.2 Å². The van der Waals surface area contributed by atoms with E-state index in [2.05, 4.69) is 15.0 Å². The lowest BCUT2D eigenvalue weighted by Gasteiger charge is -2.16. The summed E-state index contributed by atoms with van der Waals surface area (Å²) in [6, 6.07) is 0. The molecule has 0 aromatic carbocycles. The van der Waals surface area contributed by atoms with Gasteiger partial charge in [-0.25, -0.2) is 9.59 Å². The Bertz CT molecular complexity index is 354. The van der Waals surface area contributed by atoms with Crippen molar-refractivity contribution in [3.63, 3.8) is 0 Å². The third kappa shape index (κ3) is 8.43. The summed E-state index contributed by atoms with van der Waals surface area (Å²) < 4.78 is 9.44. The van der Waals surface area contributed by atoms with Crippen molar-refractivity contribution in [2.45, 2.75) is 46.1 Å². The number of methoxy groups -OCH3 is 1. The molecule has 102 valence electrons. The zero-order chi connectivity index (χ0) is 14.2. The van der Waals surface area contributed by atoms with Gasteiger partial charge in [-0.3, -0.25) is 0 Å². The number of azo groups is 1. The van der Waals surface area contributed by atoms with Crippen LogP contribution in [0.25, 0.3) is 0 Å². The lowest BCUT2D eigenvalue weighted by molar-refractivity contribution is -0.134. The molecule has 0 aromatic rings. The second-order valence-electron chi connectivity index (χ2n) is 4.59. The number of amides is 1. The van der Waals surface area contributed by atoms with Crippen LogP contribution in [-0.4, -0.2) is 24.8 Å². The number of ether oxygens (including phenoxy) is 2. The van der Waals surface area contributed by atoms with Gasteiger partial charge in [0.1, 0.15) is 5.60 Å². The molecule has 6 nitrogen and oxygen atoms in total. The first-order valence-electron chi connectivity index (χ1n) is 5.71. The van der Waals surface area contributed by atoms with Crippen LogP contribution in [0.5, 0.6) is 0 Å². The van der Waals surface area contributed by atoms with Crippen molar-refractivity contribution in [2.75, 3.05) is 7.11 Å². The summed E-state index contributed by atoms with van der Waals surface area (Å²) in [5.41, 5.74) is -0.234. The van der Waals surface area contributed by atoms with Crippen molar-refractivity contribution in [1.82, 2.24) is 0 Å². The van der Waals surface area contributed by atoms with Gasteiger partial charge in [0.2, 0.25) is 0 Å². The fourth-order valence-electron chi connectivity index (χ4n) is 0.990. The quantitative estimate of drug-likeness (QED) is 0.439. The van der Waals surface area contributed by atoms with Crippen molar-refractivity contribution in [1.29, 1.82) is 0 Å². The fraction of sp³-hybridized carbons (Fsp3) is 0.667. The maximum Gasteiger partial charge on any atom is 0.452 e. The molecule has 0 aromatic heterocycles. The normalized spacial score (nSPS) is 12.6. The first-order valence-corrected chi connectivity index (χ1v) is 5.71. The van der Waals surface area contributed by atoms with Crippen LogP contribution in [-0.2, 0) is 14.3 Å². The van der Waals surface area contributed by atoms with Crippen LogP contribution < -0.4 is 0 Å². The highest BCUT2D eigenvalue weighted by molar-refractivity contribution is 5.82. The van der Waals surface area contributed by atoms with E-state index in [1.807, 2.05) is 6.92 Å². The van der Waals surface area contributed by atoms with Crippen molar-refractivity contribution in [3.8, 4) is 0 Å². The summed E-state index contributed by atoms with van der Waals surface area (Å²) >= 11 is 0. The average molecular weight is 256 g/mol. The van der Waals surface area contributed by atoms with E-state index < -0.39 is 17.7 Å². The minimum Gasteiger partial charge on any atom is -0.466 e. The summed E-state index contributed by atoms with van der Waals surface area (Å²) in [5.74, 6) is -0.526. The molecule has 0 atom stereocenters. The number of esters is 1. The summed E-state index contributed by atoms with van der Waals surface area (Å²) in [4.78, 5) is 22.4. The van der Waals surface area contributed by atoms with Crippen LogP contribution in [0.4, 0.5) is 4.79 Å². The molecular weight excluding hydrogens is 236 g/mol. The standard InChI is InChI=1S/C12H20N2O4/c1-6-7-9(8-10(15)17-5)13-14-11(16)18-12(2,3)4/h8H,6-7H2,1-5H3/b9-8-,14-13?. The Morgan fingerprint density at radius 1 is 1.22 bits per heavy atom. The molecule has 0 saturated carbocycles. The molecule has 0 aliphatic carbocycles. The molecule has 0 heterocycles. The number of carbonyl (C=O) groups excluding carboxylic acids is 2. The van der Waals surface area contributed by atoms with E-state index in [-0.39, 0.29) is 0 Å². The van der Waals surface area contributed by atoms with Gasteiger partial charge in [0.15, 0.2) is 0 Å². The Labute approximate surface area is 107 Å². The van der Waals surface area contributed by atoms with Crippen LogP contribution in [0.1, 0.15) is 40.5 Å². The van der Waals surface area contributed by atoms with Gasteiger partial charge in [0.25, 0.3) is 0 Å². The maximum atomic E-state index is 11.3. The molecule has 18 heavy (non-hydrogen) atoms. The molecule has 0 N–H and O–H groups in total. The molecule has 0 aliphatic rings. The predicted octanol–water partition coefficient (Wildman–Crippen LogP) is 3.23. The van der Waals surface area contributed by atoms with Gasteiger partial charge < -0.3 is 9.47 Å². The van der Waals surface area contributed by atoms with E-state index in [9.17, 15) is 9.59 Å². The first kappa shape index (κ1) is 16.3. The second kappa shape index (κ2) is 7.58. The third-order valence-corrected chi connectivity index (χ3v) is 1.65. The second-order valence-corrected chi connectivity index (χ2v) is 4.59. The number of nitrogens with zero attached hydrogens (tertiary/aromatic N) is 2. The molecule has 0 saturated heterocycles. The molecule has 0 aliphatic heterocycles. The van der Waals surface area contributed by atoms with E-state index >= 15 is 0 Å². The molecule has 0 fully saturated rings. The molecule has 1 amide bonds. The lowest BCUT2D eigenvalue weighted by atomic mass is 10.2. The summed E-state index contributed by atoms with van der Waals surface area (Å²) in [7, 11) is 1.27. The van der Waals surface area contributed by atoms with Crippen molar-refractivity contribution in [3.05, 3.63) is 11.8 Å². The SMILES string of the molecule is CCC/C(=C/C(=O)OC)N=NC(=O)OC(C)(C)C. The van der Waals surface area contributed by atoms with Gasteiger partial charge in [-0.2, -0.15) is 0 Å². The van der Waals surface area contributed by atoms with Crippen molar-refractivity contribution in [2.24, 2.45) is 10.2 Å². The van der Waals surface area contributed by atoms with E-state index in [1.54, 1.807) is 20.8 Å². The monoisotopic (exact) mass is 256 g/mol. The molecule has 0 spiro atoms. The predicted molar refractivity (Wildman–Crippen MR) is 66.1 cm³/mol. The van der Waals surface area contributed by atoms with Crippen LogP contribution in [0.2, 0.25) is 0 Å². The third-order valence-electron chi connectivity index (χ3n) is 1.65. The van der Waals surface area contributed by atoms with Crippen molar-refractivity contribution < 1.29 is 19.1 Å². The van der Waals surface area contributed by atoms with Gasteiger partial charge in [-0.15, -0.1) is 5.11 Å². The highest BCUT2D eigenvalue weighted by Gasteiger charge is 2.15. The number of hydrogen-bond donors (Lipinski definition) is 0. The van der Waals surface area contributed by atoms with E-state index in [0.717, 1.165) is 6.42 Å². The Kier molecular flexibility index (Phi) is 6.85. The maximum absolute atomic E-state index is 11.3.